The highest BCUT2D eigenvalue weighted by Crippen LogP contribution is 2.39. The molecule has 1 N–H and O–H groups in total. The quantitative estimate of drug-likeness (QED) is 0.139. The Bertz CT molecular complexity index is 1100. The minimum Gasteiger partial charge on any atom is -0.466 e. The number of carbonyl (C=O) groups is 2. The minimum absolute atomic E-state index is 0.0866. The van der Waals surface area contributed by atoms with E-state index >= 15 is 0 Å². The second kappa shape index (κ2) is 14.4. The van der Waals surface area contributed by atoms with Crippen LogP contribution in [-0.4, -0.2) is 32.6 Å². The number of aldehydes is 1. The fourth-order valence-electron chi connectivity index (χ4n) is 3.96. The summed E-state index contributed by atoms with van der Waals surface area (Å²) in [5, 5.41) is 3.05. The zero-order chi connectivity index (χ0) is 24.9. The van der Waals surface area contributed by atoms with Crippen molar-refractivity contribution in [2.45, 2.75) is 38.5 Å². The number of rotatable bonds is 14. The van der Waals surface area contributed by atoms with Gasteiger partial charge in [0.2, 0.25) is 0 Å². The molecule has 0 spiro atoms. The lowest BCUT2D eigenvalue weighted by Gasteiger charge is -2.16. The summed E-state index contributed by atoms with van der Waals surface area (Å²) in [6, 6.07) is 21.2. The number of benzene rings is 3. The predicted octanol–water partition coefficient (Wildman–Crippen LogP) is 6.83. The van der Waals surface area contributed by atoms with E-state index in [1.807, 2.05) is 12.1 Å². The number of ether oxygens (including phenoxy) is 2. The summed E-state index contributed by atoms with van der Waals surface area (Å²) in [4.78, 5) is 24.4. The van der Waals surface area contributed by atoms with E-state index in [-0.39, 0.29) is 12.7 Å². The molecule has 0 bridgehead atoms. The first-order chi connectivity index (χ1) is 17.1. The molecule has 0 aliphatic carbocycles. The smallest absolute Gasteiger partial charge is 0.251 e. The fourth-order valence-corrected chi connectivity index (χ4v) is 4.65. The highest BCUT2D eigenvalue weighted by Gasteiger charge is 2.19. The Morgan fingerprint density at radius 2 is 1.71 bits per heavy atom. The van der Waals surface area contributed by atoms with E-state index in [0.717, 1.165) is 37.5 Å². The standard InChI is InChI=1S/C29H32BrNO4/c1-34-21-35-26-17-16-25(27(28(26)30)24-15-10-14-23(19-24)20-32)29(33)31-18-9-4-2-3-6-11-22-12-7-5-8-13-22/h5,7-8,10,12-17,19-20H,2-4,6,9,11,18,21H2,1H3,(H,31,33). The van der Waals surface area contributed by atoms with E-state index in [0.29, 0.717) is 33.5 Å². The SMILES string of the molecule is COCOc1ccc(C(=O)NCCCCCCCc2ccccc2)c(-c2cccc(C=O)c2)c1Br. The van der Waals surface area contributed by atoms with Crippen LogP contribution in [0.2, 0.25) is 0 Å². The first-order valence-electron chi connectivity index (χ1n) is 12.0. The Kier molecular flexibility index (Phi) is 11.0. The number of nitrogens with one attached hydrogen (secondary N) is 1. The van der Waals surface area contributed by atoms with E-state index < -0.39 is 0 Å². The molecule has 0 aromatic heterocycles. The van der Waals surface area contributed by atoms with Crippen LogP contribution in [0.3, 0.4) is 0 Å². The van der Waals surface area contributed by atoms with Crippen molar-refractivity contribution in [1.82, 2.24) is 5.32 Å². The van der Waals surface area contributed by atoms with Crippen molar-refractivity contribution >= 4 is 28.1 Å². The lowest BCUT2D eigenvalue weighted by atomic mass is 9.97. The molecule has 184 valence electrons. The second-order valence-electron chi connectivity index (χ2n) is 8.35. The zero-order valence-corrected chi connectivity index (χ0v) is 21.7. The van der Waals surface area contributed by atoms with E-state index in [1.54, 1.807) is 37.4 Å². The van der Waals surface area contributed by atoms with Crippen LogP contribution in [0.1, 0.15) is 58.4 Å². The van der Waals surface area contributed by atoms with Gasteiger partial charge in [0.05, 0.1) is 4.47 Å². The molecule has 0 aliphatic heterocycles. The molecule has 0 heterocycles. The van der Waals surface area contributed by atoms with Crippen LogP contribution in [0.25, 0.3) is 11.1 Å². The monoisotopic (exact) mass is 537 g/mol. The Morgan fingerprint density at radius 3 is 2.49 bits per heavy atom. The lowest BCUT2D eigenvalue weighted by Crippen LogP contribution is -2.25. The van der Waals surface area contributed by atoms with E-state index in [9.17, 15) is 9.59 Å². The molecular formula is C29H32BrNO4. The molecule has 0 atom stereocenters. The van der Waals surface area contributed by atoms with Crippen molar-refractivity contribution in [3.63, 3.8) is 0 Å². The van der Waals surface area contributed by atoms with Gasteiger partial charge < -0.3 is 14.8 Å². The fraction of sp³-hybridized carbons (Fsp3) is 0.310. The molecule has 6 heteroatoms. The third-order valence-corrected chi connectivity index (χ3v) is 6.55. The van der Waals surface area contributed by atoms with Crippen molar-refractivity contribution < 1.29 is 19.1 Å². The van der Waals surface area contributed by atoms with Crippen molar-refractivity contribution in [2.75, 3.05) is 20.4 Å². The minimum atomic E-state index is -0.153. The van der Waals surface area contributed by atoms with Crippen LogP contribution in [-0.2, 0) is 11.2 Å². The van der Waals surface area contributed by atoms with Gasteiger partial charge in [0.15, 0.2) is 6.79 Å². The Labute approximate surface area is 216 Å². The van der Waals surface area contributed by atoms with Crippen LogP contribution >= 0.6 is 15.9 Å². The highest BCUT2D eigenvalue weighted by atomic mass is 79.9. The number of hydrogen-bond donors (Lipinski definition) is 1. The molecule has 3 aromatic carbocycles. The number of unbranched alkanes of at least 4 members (excludes halogenated alkanes) is 4. The van der Waals surface area contributed by atoms with Crippen LogP contribution in [0, 0.1) is 0 Å². The van der Waals surface area contributed by atoms with Gasteiger partial charge in [-0.2, -0.15) is 0 Å². The molecule has 5 nitrogen and oxygen atoms in total. The van der Waals surface area contributed by atoms with Crippen LogP contribution in [0.15, 0.2) is 71.2 Å². The van der Waals surface area contributed by atoms with Crippen LogP contribution in [0.5, 0.6) is 5.75 Å². The summed E-state index contributed by atoms with van der Waals surface area (Å²) in [5.74, 6) is 0.407. The molecule has 0 aliphatic rings. The van der Waals surface area contributed by atoms with E-state index in [1.165, 1.54) is 18.4 Å². The first kappa shape index (κ1) is 26.6. The lowest BCUT2D eigenvalue weighted by molar-refractivity contribution is 0.0506. The van der Waals surface area contributed by atoms with Gasteiger partial charge in [0.25, 0.3) is 5.91 Å². The summed E-state index contributed by atoms with van der Waals surface area (Å²) >= 11 is 3.60. The summed E-state index contributed by atoms with van der Waals surface area (Å²) in [6.07, 6.45) is 7.46. The largest absolute Gasteiger partial charge is 0.466 e. The average molecular weight is 538 g/mol. The molecular weight excluding hydrogens is 506 g/mol. The summed E-state index contributed by atoms with van der Waals surface area (Å²) in [6.45, 7) is 0.703. The molecule has 3 aromatic rings. The van der Waals surface area contributed by atoms with Gasteiger partial charge >= 0.3 is 0 Å². The molecule has 0 saturated carbocycles. The van der Waals surface area contributed by atoms with Gasteiger partial charge in [-0.05, 0) is 64.5 Å². The number of carbonyl (C=O) groups excluding carboxylic acids is 2. The number of amides is 1. The van der Waals surface area contributed by atoms with Gasteiger partial charge in [0, 0.05) is 30.3 Å². The van der Waals surface area contributed by atoms with Crippen molar-refractivity contribution in [3.8, 4) is 16.9 Å². The summed E-state index contributed by atoms with van der Waals surface area (Å²) in [7, 11) is 1.55. The predicted molar refractivity (Wildman–Crippen MR) is 143 cm³/mol. The number of methoxy groups -OCH3 is 1. The van der Waals surface area contributed by atoms with Crippen LogP contribution < -0.4 is 10.1 Å². The Hall–Kier alpha value is -2.96. The third-order valence-electron chi connectivity index (χ3n) is 5.77. The third kappa shape index (κ3) is 8.05. The Balaban J connectivity index is 1.57. The van der Waals surface area contributed by atoms with Crippen molar-refractivity contribution in [3.05, 3.63) is 87.9 Å². The van der Waals surface area contributed by atoms with Gasteiger partial charge in [-0.25, -0.2) is 0 Å². The normalized spacial score (nSPS) is 10.7. The molecule has 3 rings (SSSR count). The molecule has 0 fully saturated rings. The highest BCUT2D eigenvalue weighted by molar-refractivity contribution is 9.10. The molecule has 1 amide bonds. The number of aryl methyl sites for hydroxylation is 1. The van der Waals surface area contributed by atoms with Gasteiger partial charge in [-0.15, -0.1) is 0 Å². The topological polar surface area (TPSA) is 64.6 Å². The maximum atomic E-state index is 13.1. The van der Waals surface area contributed by atoms with Crippen LogP contribution in [0.4, 0.5) is 0 Å². The Morgan fingerprint density at radius 1 is 0.943 bits per heavy atom. The zero-order valence-electron chi connectivity index (χ0n) is 20.1. The molecule has 0 radical (unpaired) electrons. The van der Waals surface area contributed by atoms with Crippen molar-refractivity contribution in [1.29, 1.82) is 0 Å². The number of hydrogen-bond acceptors (Lipinski definition) is 4. The van der Waals surface area contributed by atoms with Gasteiger partial charge in [-0.1, -0.05) is 67.8 Å². The van der Waals surface area contributed by atoms with E-state index in [2.05, 4.69) is 45.5 Å². The maximum Gasteiger partial charge on any atom is 0.251 e. The molecule has 0 unspecified atom stereocenters. The molecule has 0 saturated heterocycles. The first-order valence-corrected chi connectivity index (χ1v) is 12.8. The van der Waals surface area contributed by atoms with Crippen molar-refractivity contribution in [2.24, 2.45) is 0 Å². The number of halogens is 1. The van der Waals surface area contributed by atoms with E-state index in [4.69, 9.17) is 9.47 Å². The van der Waals surface area contributed by atoms with Gasteiger partial charge in [0.1, 0.15) is 12.0 Å². The molecule has 35 heavy (non-hydrogen) atoms. The summed E-state index contributed by atoms with van der Waals surface area (Å²) in [5.41, 5.74) is 3.89. The van der Waals surface area contributed by atoms with Gasteiger partial charge in [-0.3, -0.25) is 9.59 Å². The maximum absolute atomic E-state index is 13.1. The summed E-state index contributed by atoms with van der Waals surface area (Å²) < 4.78 is 11.3. The average Bonchev–Trinajstić information content (AvgIpc) is 2.89. The second-order valence-corrected chi connectivity index (χ2v) is 9.15.